The number of nitrogens with zero attached hydrogens (tertiary/aromatic N) is 1. The van der Waals surface area contributed by atoms with E-state index in [9.17, 15) is 4.39 Å². The third-order valence-electron chi connectivity index (χ3n) is 2.27. The molecule has 0 amide bonds. The van der Waals surface area contributed by atoms with E-state index in [4.69, 9.17) is 16.9 Å². The first kappa shape index (κ1) is 10.7. The number of hydrogen-bond donors (Lipinski definition) is 0. The molecule has 2 rings (SSSR count). The SMILES string of the molecule is N#Cc1ccccc1-c1cc(Cl)ccc1F. The maximum Gasteiger partial charge on any atom is 0.131 e. The van der Waals surface area contributed by atoms with Gasteiger partial charge in [-0.1, -0.05) is 29.8 Å². The maximum absolute atomic E-state index is 13.6. The summed E-state index contributed by atoms with van der Waals surface area (Å²) in [6, 6.07) is 13.2. The molecule has 78 valence electrons. The first-order valence-electron chi connectivity index (χ1n) is 4.67. The van der Waals surface area contributed by atoms with Crippen molar-refractivity contribution in [1.82, 2.24) is 0 Å². The Hall–Kier alpha value is -1.85. The highest BCUT2D eigenvalue weighted by molar-refractivity contribution is 6.30. The molecule has 2 aromatic carbocycles. The van der Waals surface area contributed by atoms with Gasteiger partial charge in [0.25, 0.3) is 0 Å². The van der Waals surface area contributed by atoms with Gasteiger partial charge >= 0.3 is 0 Å². The van der Waals surface area contributed by atoms with Crippen molar-refractivity contribution < 1.29 is 4.39 Å². The van der Waals surface area contributed by atoms with Gasteiger partial charge in [0.2, 0.25) is 0 Å². The Kier molecular flexibility index (Phi) is 2.89. The molecule has 0 saturated carbocycles. The van der Waals surface area contributed by atoms with Gasteiger partial charge < -0.3 is 0 Å². The van der Waals surface area contributed by atoms with E-state index in [-0.39, 0.29) is 5.82 Å². The van der Waals surface area contributed by atoms with Crippen LogP contribution < -0.4 is 0 Å². The molecule has 0 bridgehead atoms. The van der Waals surface area contributed by atoms with E-state index < -0.39 is 0 Å². The zero-order valence-electron chi connectivity index (χ0n) is 8.24. The topological polar surface area (TPSA) is 23.8 Å². The minimum Gasteiger partial charge on any atom is -0.206 e. The van der Waals surface area contributed by atoms with E-state index >= 15 is 0 Å². The Morgan fingerprint density at radius 2 is 1.81 bits per heavy atom. The lowest BCUT2D eigenvalue weighted by Crippen LogP contribution is -1.88. The molecule has 0 saturated heterocycles. The Labute approximate surface area is 97.7 Å². The molecular weight excluding hydrogens is 225 g/mol. The lowest BCUT2D eigenvalue weighted by Gasteiger charge is -2.05. The highest BCUT2D eigenvalue weighted by Gasteiger charge is 2.09. The fraction of sp³-hybridized carbons (Fsp3) is 0. The van der Waals surface area contributed by atoms with Crippen LogP contribution in [0.5, 0.6) is 0 Å². The lowest BCUT2D eigenvalue weighted by atomic mass is 10.00. The predicted molar refractivity (Wildman–Crippen MR) is 61.6 cm³/mol. The third-order valence-corrected chi connectivity index (χ3v) is 2.50. The minimum absolute atomic E-state index is 0.352. The van der Waals surface area contributed by atoms with Crippen LogP contribution in [0, 0.1) is 17.1 Å². The molecular formula is C13H7ClFN. The zero-order chi connectivity index (χ0) is 11.5. The smallest absolute Gasteiger partial charge is 0.131 e. The van der Waals surface area contributed by atoms with E-state index in [1.54, 1.807) is 24.3 Å². The van der Waals surface area contributed by atoms with E-state index in [0.717, 1.165) is 0 Å². The summed E-state index contributed by atoms with van der Waals surface area (Å²) in [5.74, 6) is -0.382. The Morgan fingerprint density at radius 1 is 1.06 bits per heavy atom. The monoisotopic (exact) mass is 231 g/mol. The maximum atomic E-state index is 13.6. The van der Waals surface area contributed by atoms with Crippen molar-refractivity contribution in [2.45, 2.75) is 0 Å². The van der Waals surface area contributed by atoms with Gasteiger partial charge in [-0.25, -0.2) is 4.39 Å². The molecule has 1 nitrogen and oxygen atoms in total. The molecule has 0 spiro atoms. The average molecular weight is 232 g/mol. The molecule has 0 heterocycles. The summed E-state index contributed by atoms with van der Waals surface area (Å²) in [5, 5.41) is 9.38. The van der Waals surface area contributed by atoms with Gasteiger partial charge in [0, 0.05) is 16.1 Å². The first-order chi connectivity index (χ1) is 7.72. The molecule has 0 atom stereocenters. The van der Waals surface area contributed by atoms with Gasteiger partial charge in [-0.05, 0) is 24.3 Å². The summed E-state index contributed by atoms with van der Waals surface area (Å²) < 4.78 is 13.6. The van der Waals surface area contributed by atoms with Gasteiger partial charge in [-0.2, -0.15) is 5.26 Å². The number of rotatable bonds is 1. The van der Waals surface area contributed by atoms with Crippen LogP contribution in [0.4, 0.5) is 4.39 Å². The van der Waals surface area contributed by atoms with Crippen molar-refractivity contribution >= 4 is 11.6 Å². The van der Waals surface area contributed by atoms with E-state index in [1.165, 1.54) is 18.2 Å². The van der Waals surface area contributed by atoms with E-state index in [0.29, 0.717) is 21.7 Å². The third kappa shape index (κ3) is 1.91. The number of benzene rings is 2. The van der Waals surface area contributed by atoms with Crippen molar-refractivity contribution in [1.29, 1.82) is 5.26 Å². The molecule has 0 unspecified atom stereocenters. The van der Waals surface area contributed by atoms with Gasteiger partial charge in [0.15, 0.2) is 0 Å². The Bertz CT molecular complexity index is 572. The van der Waals surface area contributed by atoms with E-state index in [1.807, 2.05) is 6.07 Å². The summed E-state index contributed by atoms with van der Waals surface area (Å²) in [5.41, 5.74) is 1.35. The molecule has 0 aliphatic rings. The highest BCUT2D eigenvalue weighted by Crippen LogP contribution is 2.28. The molecule has 0 radical (unpaired) electrons. The second-order valence-electron chi connectivity index (χ2n) is 3.28. The molecule has 0 aromatic heterocycles. The van der Waals surface area contributed by atoms with Gasteiger partial charge in [-0.3, -0.25) is 0 Å². The van der Waals surface area contributed by atoms with Crippen LogP contribution in [0.25, 0.3) is 11.1 Å². The predicted octanol–water partition coefficient (Wildman–Crippen LogP) is 4.02. The van der Waals surface area contributed by atoms with Crippen molar-refractivity contribution in [3.63, 3.8) is 0 Å². The van der Waals surface area contributed by atoms with Crippen molar-refractivity contribution in [2.75, 3.05) is 0 Å². The standard InChI is InChI=1S/C13H7ClFN/c14-10-5-6-13(15)12(7-10)11-4-2-1-3-9(11)8-16/h1-7H. The van der Waals surface area contributed by atoms with Gasteiger partial charge in [-0.15, -0.1) is 0 Å². The molecule has 2 aromatic rings. The van der Waals surface area contributed by atoms with Crippen molar-refractivity contribution in [3.05, 3.63) is 58.9 Å². The highest BCUT2D eigenvalue weighted by atomic mass is 35.5. The molecule has 3 heteroatoms. The summed E-state index contributed by atoms with van der Waals surface area (Å²) in [6.07, 6.45) is 0. The minimum atomic E-state index is -0.382. The molecule has 0 aliphatic carbocycles. The van der Waals surface area contributed by atoms with Crippen molar-refractivity contribution in [2.24, 2.45) is 0 Å². The van der Waals surface area contributed by atoms with Crippen LogP contribution >= 0.6 is 11.6 Å². The second kappa shape index (κ2) is 4.34. The van der Waals surface area contributed by atoms with Crippen LogP contribution in [0.3, 0.4) is 0 Å². The lowest BCUT2D eigenvalue weighted by molar-refractivity contribution is 0.631. The largest absolute Gasteiger partial charge is 0.206 e. The normalized spacial score (nSPS) is 9.81. The summed E-state index contributed by atoms with van der Waals surface area (Å²) in [6.45, 7) is 0. The Morgan fingerprint density at radius 3 is 2.56 bits per heavy atom. The Balaban J connectivity index is 2.68. The number of nitriles is 1. The molecule has 16 heavy (non-hydrogen) atoms. The fourth-order valence-corrected chi connectivity index (χ4v) is 1.69. The number of hydrogen-bond acceptors (Lipinski definition) is 1. The van der Waals surface area contributed by atoms with Gasteiger partial charge in [0.1, 0.15) is 5.82 Å². The van der Waals surface area contributed by atoms with Crippen LogP contribution in [0.1, 0.15) is 5.56 Å². The van der Waals surface area contributed by atoms with E-state index in [2.05, 4.69) is 0 Å². The first-order valence-corrected chi connectivity index (χ1v) is 5.04. The van der Waals surface area contributed by atoms with Crippen molar-refractivity contribution in [3.8, 4) is 17.2 Å². The van der Waals surface area contributed by atoms with Crippen LogP contribution in [0.2, 0.25) is 5.02 Å². The second-order valence-corrected chi connectivity index (χ2v) is 3.72. The number of halogens is 2. The molecule has 0 N–H and O–H groups in total. The van der Waals surface area contributed by atoms with Crippen LogP contribution in [-0.4, -0.2) is 0 Å². The average Bonchev–Trinajstić information content (AvgIpc) is 2.32. The van der Waals surface area contributed by atoms with Gasteiger partial charge in [0.05, 0.1) is 11.6 Å². The summed E-state index contributed by atoms with van der Waals surface area (Å²) in [4.78, 5) is 0. The quantitative estimate of drug-likeness (QED) is 0.727. The summed E-state index contributed by atoms with van der Waals surface area (Å²) >= 11 is 5.81. The van der Waals surface area contributed by atoms with Crippen LogP contribution in [-0.2, 0) is 0 Å². The molecule has 0 fully saturated rings. The fourth-order valence-electron chi connectivity index (χ4n) is 1.52. The van der Waals surface area contributed by atoms with Crippen LogP contribution in [0.15, 0.2) is 42.5 Å². The zero-order valence-corrected chi connectivity index (χ0v) is 9.00. The molecule has 0 aliphatic heterocycles. The summed E-state index contributed by atoms with van der Waals surface area (Å²) in [7, 11) is 0.